The molecule has 3 aromatic rings. The fourth-order valence-electron chi connectivity index (χ4n) is 4.21. The number of carbonyl (C=O) groups excluding carboxylic acids is 1. The van der Waals surface area contributed by atoms with Crippen molar-refractivity contribution in [1.82, 2.24) is 9.55 Å². The molecule has 2 aliphatic heterocycles. The number of rotatable bonds is 4. The van der Waals surface area contributed by atoms with Gasteiger partial charge in [0.25, 0.3) is 5.56 Å². The van der Waals surface area contributed by atoms with Gasteiger partial charge in [-0.1, -0.05) is 22.9 Å². The van der Waals surface area contributed by atoms with Gasteiger partial charge in [-0.05, 0) is 36.8 Å². The number of pyridine rings is 2. The standard InChI is InChI=1S/C22H19BrN2O5/c1-2-22(28)16-9-18-19-13(10-25(18)20(26)15(16)11-30-21(22)27)7-12-8-14(29-6-5-23)3-4-17(12)24-19/h3-4,7-9,28H,2,5-6,10-11H2,1H3/t22-/m0/s1. The largest absolute Gasteiger partial charge is 0.493 e. The van der Waals surface area contributed by atoms with Gasteiger partial charge in [-0.3, -0.25) is 4.79 Å². The lowest BCUT2D eigenvalue weighted by Crippen LogP contribution is -2.44. The van der Waals surface area contributed by atoms with Crippen LogP contribution in [0, 0.1) is 0 Å². The molecule has 0 saturated heterocycles. The minimum absolute atomic E-state index is 0.122. The first kappa shape index (κ1) is 19.3. The maximum absolute atomic E-state index is 13.2. The molecule has 7 nitrogen and oxygen atoms in total. The average Bonchev–Trinajstić information content (AvgIpc) is 3.11. The van der Waals surface area contributed by atoms with E-state index >= 15 is 0 Å². The number of hydrogen-bond donors (Lipinski definition) is 1. The summed E-state index contributed by atoms with van der Waals surface area (Å²) >= 11 is 3.35. The molecular formula is C22H19BrN2O5. The van der Waals surface area contributed by atoms with Crippen molar-refractivity contribution in [1.29, 1.82) is 0 Å². The lowest BCUT2D eigenvalue weighted by molar-refractivity contribution is -0.172. The molecule has 8 heteroatoms. The third kappa shape index (κ3) is 2.70. The van der Waals surface area contributed by atoms with Crippen molar-refractivity contribution in [3.05, 3.63) is 57.4 Å². The molecule has 0 aliphatic carbocycles. The lowest BCUT2D eigenvalue weighted by atomic mass is 9.86. The maximum Gasteiger partial charge on any atom is 0.343 e. The number of aliphatic hydroxyl groups is 1. The van der Waals surface area contributed by atoms with E-state index in [2.05, 4.69) is 15.9 Å². The summed E-state index contributed by atoms with van der Waals surface area (Å²) in [6, 6.07) is 9.42. The predicted molar refractivity (Wildman–Crippen MR) is 114 cm³/mol. The van der Waals surface area contributed by atoms with Crippen LogP contribution in [0.4, 0.5) is 0 Å². The van der Waals surface area contributed by atoms with Crippen molar-refractivity contribution < 1.29 is 19.4 Å². The summed E-state index contributed by atoms with van der Waals surface area (Å²) in [4.78, 5) is 30.2. The van der Waals surface area contributed by atoms with Gasteiger partial charge in [0.05, 0.1) is 35.6 Å². The van der Waals surface area contributed by atoms with E-state index < -0.39 is 11.6 Å². The normalized spacial score (nSPS) is 19.2. The van der Waals surface area contributed by atoms with E-state index in [1.165, 1.54) is 0 Å². The maximum atomic E-state index is 13.2. The molecule has 4 heterocycles. The molecule has 0 radical (unpaired) electrons. The predicted octanol–water partition coefficient (Wildman–Crippen LogP) is 2.85. The molecule has 0 fully saturated rings. The van der Waals surface area contributed by atoms with Gasteiger partial charge in [0.1, 0.15) is 12.4 Å². The Labute approximate surface area is 180 Å². The van der Waals surface area contributed by atoms with Crippen LogP contribution < -0.4 is 10.3 Å². The van der Waals surface area contributed by atoms with E-state index in [9.17, 15) is 14.7 Å². The molecule has 0 unspecified atom stereocenters. The van der Waals surface area contributed by atoms with E-state index in [4.69, 9.17) is 14.5 Å². The van der Waals surface area contributed by atoms with Crippen molar-refractivity contribution >= 4 is 32.8 Å². The van der Waals surface area contributed by atoms with Crippen molar-refractivity contribution in [2.24, 2.45) is 0 Å². The van der Waals surface area contributed by atoms with Crippen molar-refractivity contribution in [3.8, 4) is 17.1 Å². The van der Waals surface area contributed by atoms with Gasteiger partial charge < -0.3 is 19.1 Å². The van der Waals surface area contributed by atoms with Gasteiger partial charge in [0.15, 0.2) is 5.60 Å². The van der Waals surface area contributed by atoms with E-state index in [0.29, 0.717) is 35.7 Å². The molecule has 0 saturated carbocycles. The number of alkyl halides is 1. The number of esters is 1. The second kappa shape index (κ2) is 6.92. The van der Waals surface area contributed by atoms with Crippen LogP contribution in [-0.4, -0.2) is 32.6 Å². The number of fused-ring (bicyclic) bond motifs is 5. The Kier molecular flexibility index (Phi) is 4.44. The molecule has 1 aromatic carbocycles. The molecule has 0 spiro atoms. The number of halogens is 1. The first-order chi connectivity index (χ1) is 14.5. The van der Waals surface area contributed by atoms with Crippen LogP contribution in [0.25, 0.3) is 22.3 Å². The van der Waals surface area contributed by atoms with Crippen molar-refractivity contribution in [2.75, 3.05) is 11.9 Å². The smallest absolute Gasteiger partial charge is 0.343 e. The highest BCUT2D eigenvalue weighted by Crippen LogP contribution is 2.38. The van der Waals surface area contributed by atoms with Crippen LogP contribution in [0.3, 0.4) is 0 Å². The zero-order valence-electron chi connectivity index (χ0n) is 16.3. The number of cyclic esters (lactones) is 1. The Morgan fingerprint density at radius 3 is 2.90 bits per heavy atom. The second-order valence-electron chi connectivity index (χ2n) is 7.49. The third-order valence-electron chi connectivity index (χ3n) is 5.82. The van der Waals surface area contributed by atoms with Crippen LogP contribution in [0.1, 0.15) is 30.0 Å². The van der Waals surface area contributed by atoms with Gasteiger partial charge in [-0.25, -0.2) is 9.78 Å². The monoisotopic (exact) mass is 470 g/mol. The molecule has 1 N–H and O–H groups in total. The van der Waals surface area contributed by atoms with Crippen LogP contribution in [-0.2, 0) is 28.3 Å². The number of hydrogen-bond acceptors (Lipinski definition) is 6. The minimum Gasteiger partial charge on any atom is -0.493 e. The van der Waals surface area contributed by atoms with Gasteiger partial charge in [0.2, 0.25) is 0 Å². The number of benzene rings is 1. The Balaban J connectivity index is 1.67. The topological polar surface area (TPSA) is 90.7 Å². The summed E-state index contributed by atoms with van der Waals surface area (Å²) < 4.78 is 12.4. The molecular weight excluding hydrogens is 452 g/mol. The summed E-state index contributed by atoms with van der Waals surface area (Å²) in [5.74, 6) is 0.0399. The highest BCUT2D eigenvalue weighted by atomic mass is 79.9. The third-order valence-corrected chi connectivity index (χ3v) is 6.15. The SMILES string of the molecule is CC[C@@]1(O)C(=O)OCc2c1cc1n(c2=O)Cc2cc3cc(OCCBr)ccc3nc2-1. The van der Waals surface area contributed by atoms with Gasteiger partial charge in [-0.15, -0.1) is 0 Å². The Morgan fingerprint density at radius 2 is 2.13 bits per heavy atom. The molecule has 5 rings (SSSR count). The van der Waals surface area contributed by atoms with E-state index in [-0.39, 0.29) is 18.6 Å². The Bertz CT molecular complexity index is 1270. The quantitative estimate of drug-likeness (QED) is 0.364. The Morgan fingerprint density at radius 1 is 1.30 bits per heavy atom. The Hall–Kier alpha value is -2.71. The second-order valence-corrected chi connectivity index (χ2v) is 8.28. The van der Waals surface area contributed by atoms with Gasteiger partial charge in [0, 0.05) is 21.8 Å². The molecule has 0 amide bonds. The van der Waals surface area contributed by atoms with Gasteiger partial charge in [-0.2, -0.15) is 0 Å². The molecule has 30 heavy (non-hydrogen) atoms. The molecule has 154 valence electrons. The fourth-order valence-corrected chi connectivity index (χ4v) is 4.37. The first-order valence-corrected chi connectivity index (χ1v) is 10.9. The van der Waals surface area contributed by atoms with Crippen LogP contribution >= 0.6 is 15.9 Å². The van der Waals surface area contributed by atoms with E-state index in [0.717, 1.165) is 27.5 Å². The van der Waals surface area contributed by atoms with Crippen molar-refractivity contribution in [3.63, 3.8) is 0 Å². The summed E-state index contributed by atoms with van der Waals surface area (Å²) in [7, 11) is 0. The van der Waals surface area contributed by atoms with Crippen molar-refractivity contribution in [2.45, 2.75) is 32.1 Å². The molecule has 2 aliphatic rings. The lowest BCUT2D eigenvalue weighted by Gasteiger charge is -2.31. The summed E-state index contributed by atoms with van der Waals surface area (Å²) in [6.45, 7) is 2.51. The van der Waals surface area contributed by atoms with Crippen LogP contribution in [0.15, 0.2) is 35.1 Å². The summed E-state index contributed by atoms with van der Waals surface area (Å²) in [6.07, 6.45) is 0.122. The van der Waals surface area contributed by atoms with E-state index in [1.54, 1.807) is 17.6 Å². The van der Waals surface area contributed by atoms with Crippen LogP contribution in [0.5, 0.6) is 5.75 Å². The van der Waals surface area contributed by atoms with E-state index in [1.807, 2.05) is 24.3 Å². The number of nitrogens with zero attached hydrogens (tertiary/aromatic N) is 2. The number of ether oxygens (including phenoxy) is 2. The molecule has 1 atom stereocenters. The van der Waals surface area contributed by atoms with Gasteiger partial charge >= 0.3 is 5.97 Å². The average molecular weight is 471 g/mol. The number of carbonyl (C=O) groups is 1. The summed E-state index contributed by atoms with van der Waals surface area (Å²) in [5, 5.41) is 12.6. The molecule has 0 bridgehead atoms. The number of aromatic nitrogens is 2. The first-order valence-electron chi connectivity index (χ1n) is 9.76. The fraction of sp³-hybridized carbons (Fsp3) is 0.318. The van der Waals surface area contributed by atoms with Crippen LogP contribution in [0.2, 0.25) is 0 Å². The molecule has 2 aromatic heterocycles. The summed E-state index contributed by atoms with van der Waals surface area (Å²) in [5.41, 5.74) is 1.56. The highest BCUT2D eigenvalue weighted by Gasteiger charge is 2.45. The zero-order chi connectivity index (χ0) is 21.0. The minimum atomic E-state index is -1.82. The highest BCUT2D eigenvalue weighted by molar-refractivity contribution is 9.09. The zero-order valence-corrected chi connectivity index (χ0v) is 17.9.